The van der Waals surface area contributed by atoms with E-state index >= 15 is 0 Å². The van der Waals surface area contributed by atoms with Crippen molar-refractivity contribution in [2.45, 2.75) is 26.8 Å². The van der Waals surface area contributed by atoms with Gasteiger partial charge < -0.3 is 15.4 Å². The summed E-state index contributed by atoms with van der Waals surface area (Å²) in [6, 6.07) is 13.2. The number of rotatable bonds is 6. The Bertz CT molecular complexity index is 1280. The Labute approximate surface area is 192 Å². The monoisotopic (exact) mass is 448 g/mol. The van der Waals surface area contributed by atoms with E-state index in [1.165, 1.54) is 17.8 Å². The second-order valence-corrected chi connectivity index (χ2v) is 8.62. The molecule has 1 aliphatic heterocycles. The highest BCUT2D eigenvalue weighted by Gasteiger charge is 2.20. The van der Waals surface area contributed by atoms with Crippen LogP contribution in [-0.4, -0.2) is 52.3 Å². The van der Waals surface area contributed by atoms with Crippen LogP contribution in [0, 0.1) is 12.7 Å². The van der Waals surface area contributed by atoms with Crippen LogP contribution in [-0.2, 0) is 6.54 Å². The maximum Gasteiger partial charge on any atom is 0.165 e. The van der Waals surface area contributed by atoms with Gasteiger partial charge in [-0.2, -0.15) is 4.52 Å². The molecule has 0 spiro atoms. The number of piperazine rings is 1. The second kappa shape index (κ2) is 8.86. The lowest BCUT2D eigenvalue weighted by Gasteiger charge is -2.35. The smallest absolute Gasteiger partial charge is 0.165 e. The summed E-state index contributed by atoms with van der Waals surface area (Å²) in [6.07, 6.45) is 1.00. The zero-order valence-corrected chi connectivity index (χ0v) is 19.1. The number of nitrogen functional groups attached to an aromatic ring is 1. The van der Waals surface area contributed by atoms with Crippen LogP contribution in [0.2, 0.25) is 0 Å². The van der Waals surface area contributed by atoms with Gasteiger partial charge in [0.15, 0.2) is 11.5 Å². The zero-order valence-electron chi connectivity index (χ0n) is 19.1. The molecule has 2 aromatic carbocycles. The Morgan fingerprint density at radius 1 is 1.03 bits per heavy atom. The van der Waals surface area contributed by atoms with Crippen LogP contribution in [0.3, 0.4) is 0 Å². The molecule has 0 aliphatic carbocycles. The van der Waals surface area contributed by atoms with Crippen molar-refractivity contribution >= 4 is 27.9 Å². The third-order valence-corrected chi connectivity index (χ3v) is 6.19. The van der Waals surface area contributed by atoms with Crippen LogP contribution in [0.5, 0.6) is 5.75 Å². The Hall–Kier alpha value is -3.39. The van der Waals surface area contributed by atoms with Gasteiger partial charge in [0.2, 0.25) is 0 Å². The molecule has 0 radical (unpaired) electrons. The number of nitrogens with two attached hydrogens (primary N) is 1. The second-order valence-electron chi connectivity index (χ2n) is 8.62. The summed E-state index contributed by atoms with van der Waals surface area (Å²) in [4.78, 5) is 9.45. The molecule has 7 nitrogen and oxygen atoms in total. The number of aryl methyl sites for hydroxylation is 1. The molecule has 0 bridgehead atoms. The third-order valence-electron chi connectivity index (χ3n) is 6.19. The van der Waals surface area contributed by atoms with Gasteiger partial charge >= 0.3 is 0 Å². The molecular formula is C25H29FN6O. The Kier molecular flexibility index (Phi) is 5.76. The first-order chi connectivity index (χ1) is 16.0. The van der Waals surface area contributed by atoms with Gasteiger partial charge in [0.25, 0.3) is 0 Å². The first kappa shape index (κ1) is 21.5. The summed E-state index contributed by atoms with van der Waals surface area (Å²) in [6.45, 7) is 9.04. The maximum absolute atomic E-state index is 14.1. The molecular weight excluding hydrogens is 419 g/mol. The van der Waals surface area contributed by atoms with Gasteiger partial charge in [0.1, 0.15) is 17.4 Å². The Balaban J connectivity index is 1.28. The van der Waals surface area contributed by atoms with E-state index in [-0.39, 0.29) is 5.82 Å². The van der Waals surface area contributed by atoms with Crippen LogP contribution in [0.4, 0.5) is 15.9 Å². The van der Waals surface area contributed by atoms with E-state index < -0.39 is 0 Å². The van der Waals surface area contributed by atoms with Gasteiger partial charge in [-0.05, 0) is 66.8 Å². The van der Waals surface area contributed by atoms with Gasteiger partial charge in [-0.25, -0.2) is 9.37 Å². The summed E-state index contributed by atoms with van der Waals surface area (Å²) in [5.74, 6) is 1.83. The summed E-state index contributed by atoms with van der Waals surface area (Å²) < 4.78 is 21.4. The number of pyridine rings is 1. The fourth-order valence-electron chi connectivity index (χ4n) is 4.45. The lowest BCUT2D eigenvalue weighted by Crippen LogP contribution is -2.46. The van der Waals surface area contributed by atoms with Gasteiger partial charge in [0, 0.05) is 37.3 Å². The number of hydrogen-bond acceptors (Lipinski definition) is 6. The third kappa shape index (κ3) is 4.30. The van der Waals surface area contributed by atoms with Crippen molar-refractivity contribution < 1.29 is 9.13 Å². The number of aromatic nitrogens is 3. The van der Waals surface area contributed by atoms with Crippen LogP contribution >= 0.6 is 0 Å². The van der Waals surface area contributed by atoms with E-state index in [9.17, 15) is 4.39 Å². The van der Waals surface area contributed by atoms with Crippen molar-refractivity contribution in [2.24, 2.45) is 0 Å². The van der Waals surface area contributed by atoms with Gasteiger partial charge in [-0.1, -0.05) is 6.92 Å². The molecule has 2 aromatic heterocycles. The van der Waals surface area contributed by atoms with E-state index in [0.29, 0.717) is 23.8 Å². The first-order valence-electron chi connectivity index (χ1n) is 11.5. The molecule has 2 N–H and O–H groups in total. The number of hydrogen-bond donors (Lipinski definition) is 1. The molecule has 8 heteroatoms. The molecule has 0 unspecified atom stereocenters. The molecule has 3 heterocycles. The van der Waals surface area contributed by atoms with Crippen LogP contribution < -0.4 is 15.4 Å². The number of fused-ring (bicyclic) bond motifs is 3. The van der Waals surface area contributed by atoms with Crippen LogP contribution in [0.1, 0.15) is 24.7 Å². The Morgan fingerprint density at radius 2 is 1.79 bits per heavy atom. The van der Waals surface area contributed by atoms with E-state index in [0.717, 1.165) is 61.3 Å². The minimum absolute atomic E-state index is 0.280. The quantitative estimate of drug-likeness (QED) is 0.480. The summed E-state index contributed by atoms with van der Waals surface area (Å²) in [7, 11) is 0. The van der Waals surface area contributed by atoms with Crippen molar-refractivity contribution in [1.29, 1.82) is 0 Å². The molecule has 0 saturated carbocycles. The summed E-state index contributed by atoms with van der Waals surface area (Å²) in [5, 5.41) is 6.25. The minimum atomic E-state index is -0.280. The van der Waals surface area contributed by atoms with Gasteiger partial charge in [0.05, 0.1) is 13.2 Å². The van der Waals surface area contributed by atoms with E-state index in [2.05, 4.69) is 34.0 Å². The van der Waals surface area contributed by atoms with Crippen molar-refractivity contribution in [3.05, 3.63) is 59.7 Å². The average molecular weight is 449 g/mol. The molecule has 1 saturated heterocycles. The molecule has 172 valence electrons. The normalized spacial score (nSPS) is 14.9. The van der Waals surface area contributed by atoms with E-state index in [4.69, 9.17) is 15.5 Å². The minimum Gasteiger partial charge on any atom is -0.494 e. The van der Waals surface area contributed by atoms with Crippen LogP contribution in [0.25, 0.3) is 16.4 Å². The van der Waals surface area contributed by atoms with Crippen molar-refractivity contribution in [3.63, 3.8) is 0 Å². The van der Waals surface area contributed by atoms with Crippen molar-refractivity contribution in [1.82, 2.24) is 19.5 Å². The Morgan fingerprint density at radius 3 is 2.52 bits per heavy atom. The average Bonchev–Trinajstić information content (AvgIpc) is 3.24. The predicted molar refractivity (Wildman–Crippen MR) is 129 cm³/mol. The highest BCUT2D eigenvalue weighted by molar-refractivity contribution is 5.97. The summed E-state index contributed by atoms with van der Waals surface area (Å²) in [5.41, 5.74) is 8.88. The van der Waals surface area contributed by atoms with Gasteiger partial charge in [-0.15, -0.1) is 5.10 Å². The fraction of sp³-hybridized carbons (Fsp3) is 0.360. The highest BCUT2D eigenvalue weighted by Crippen LogP contribution is 2.27. The lowest BCUT2D eigenvalue weighted by atomic mass is 10.1. The molecule has 1 aliphatic rings. The largest absolute Gasteiger partial charge is 0.494 e. The molecule has 4 aromatic rings. The standard InChI is InChI=1S/C25H29FN6O/c1-3-12-33-20-6-4-19(5-7-20)31-10-8-30(9-11-31)16-24-28-25-22-14-18(26)13-17(2)21(22)15-23(27)32(25)29-24/h4-7,13-15H,3,8-12,16,27H2,1-2H3. The van der Waals surface area contributed by atoms with Crippen molar-refractivity contribution in [3.8, 4) is 5.75 Å². The fourth-order valence-corrected chi connectivity index (χ4v) is 4.45. The molecule has 33 heavy (non-hydrogen) atoms. The molecule has 5 rings (SSSR count). The number of halogens is 1. The SMILES string of the molecule is CCCOc1ccc(N2CCN(Cc3nc4c5cc(F)cc(C)c5cc(N)n4n3)CC2)cc1. The number of nitrogens with zero attached hydrogens (tertiary/aromatic N) is 5. The number of benzene rings is 2. The maximum atomic E-state index is 14.1. The summed E-state index contributed by atoms with van der Waals surface area (Å²) >= 11 is 0. The van der Waals surface area contributed by atoms with E-state index in [1.54, 1.807) is 4.52 Å². The number of anilines is 2. The van der Waals surface area contributed by atoms with Crippen LogP contribution in [0.15, 0.2) is 42.5 Å². The molecule has 1 fully saturated rings. The molecule has 0 amide bonds. The molecule has 0 atom stereocenters. The predicted octanol–water partition coefficient (Wildman–Crippen LogP) is 4.02. The van der Waals surface area contributed by atoms with Crippen molar-refractivity contribution in [2.75, 3.05) is 43.4 Å². The topological polar surface area (TPSA) is 71.9 Å². The van der Waals surface area contributed by atoms with Gasteiger partial charge in [-0.3, -0.25) is 4.90 Å². The lowest BCUT2D eigenvalue weighted by molar-refractivity contribution is 0.244. The zero-order chi connectivity index (χ0) is 22.9. The highest BCUT2D eigenvalue weighted by atomic mass is 19.1. The first-order valence-corrected chi connectivity index (χ1v) is 11.5. The van der Waals surface area contributed by atoms with E-state index in [1.807, 2.05) is 25.1 Å². The number of ether oxygens (including phenoxy) is 1.